The second-order valence-electron chi connectivity index (χ2n) is 7.84. The zero-order valence-electron chi connectivity index (χ0n) is 13.2. The van der Waals surface area contributed by atoms with Gasteiger partial charge in [0.25, 0.3) is 0 Å². The molecule has 0 saturated heterocycles. The normalized spacial score (nSPS) is 42.0. The summed E-state index contributed by atoms with van der Waals surface area (Å²) in [6.45, 7) is 2.07. The maximum absolute atomic E-state index is 10.1. The summed E-state index contributed by atoms with van der Waals surface area (Å²) >= 11 is 0. The lowest BCUT2D eigenvalue weighted by Gasteiger charge is -2.63. The Hall–Kier alpha value is -0.810. The minimum absolute atomic E-state index is 0.250. The minimum atomic E-state index is -0.296. The van der Waals surface area contributed by atoms with Crippen molar-refractivity contribution in [3.8, 4) is 6.07 Å². The summed E-state index contributed by atoms with van der Waals surface area (Å²) in [6.07, 6.45) is 13.4. The van der Waals surface area contributed by atoms with Crippen LogP contribution in [0.2, 0.25) is 0 Å². The maximum Gasteiger partial charge on any atom is 0.117 e. The van der Waals surface area contributed by atoms with Crippen molar-refractivity contribution in [3.63, 3.8) is 0 Å². The maximum atomic E-state index is 10.1. The van der Waals surface area contributed by atoms with Crippen LogP contribution in [0.3, 0.4) is 0 Å². The van der Waals surface area contributed by atoms with Gasteiger partial charge in [-0.25, -0.2) is 0 Å². The Morgan fingerprint density at radius 3 is 2.00 bits per heavy atom. The number of hydrogen-bond donors (Lipinski definition) is 0. The van der Waals surface area contributed by atoms with Crippen LogP contribution in [0.5, 0.6) is 0 Å². The van der Waals surface area contributed by atoms with E-state index in [1.165, 1.54) is 38.5 Å². The van der Waals surface area contributed by atoms with Crippen LogP contribution < -0.4 is 0 Å². The van der Waals surface area contributed by atoms with Crippen LogP contribution in [0.15, 0.2) is 12.2 Å². The lowest BCUT2D eigenvalue weighted by molar-refractivity contribution is -0.117. The van der Waals surface area contributed by atoms with Crippen molar-refractivity contribution in [1.29, 1.82) is 5.26 Å². The van der Waals surface area contributed by atoms with Crippen LogP contribution in [-0.2, 0) is 0 Å². The van der Waals surface area contributed by atoms with E-state index in [0.29, 0.717) is 0 Å². The van der Waals surface area contributed by atoms with E-state index in [2.05, 4.69) is 44.1 Å². The molecule has 1 unspecified atom stereocenters. The fraction of sp³-hybridized carbons (Fsp3) is 0.833. The zero-order valence-corrected chi connectivity index (χ0v) is 13.2. The number of nitrogens with zero attached hydrogens (tertiary/aromatic N) is 2. The van der Waals surface area contributed by atoms with Crippen LogP contribution in [0, 0.1) is 34.5 Å². The SMILES string of the molecule is C/C=C/CC(C#N)(N(C)C)C12CC3CC(CC(C3)C1)C2. The number of hydrogen-bond acceptors (Lipinski definition) is 2. The van der Waals surface area contributed by atoms with E-state index in [9.17, 15) is 5.26 Å². The van der Waals surface area contributed by atoms with Crippen molar-refractivity contribution in [2.45, 2.75) is 57.4 Å². The average molecular weight is 272 g/mol. The molecule has 4 bridgehead atoms. The molecule has 0 amide bonds. The first-order chi connectivity index (χ1) is 9.55. The summed E-state index contributed by atoms with van der Waals surface area (Å²) in [5.41, 5.74) is -0.0466. The van der Waals surface area contributed by atoms with Crippen molar-refractivity contribution < 1.29 is 0 Å². The third-order valence-corrected chi connectivity index (χ3v) is 6.51. The molecule has 0 spiro atoms. The van der Waals surface area contributed by atoms with Crippen molar-refractivity contribution >= 4 is 0 Å². The molecule has 2 heteroatoms. The molecule has 0 aromatic rings. The van der Waals surface area contributed by atoms with E-state index in [0.717, 1.165) is 24.2 Å². The third-order valence-electron chi connectivity index (χ3n) is 6.51. The first-order valence-electron chi connectivity index (χ1n) is 8.25. The van der Waals surface area contributed by atoms with E-state index in [-0.39, 0.29) is 11.0 Å². The molecule has 0 aliphatic heterocycles. The fourth-order valence-electron chi connectivity index (χ4n) is 6.04. The van der Waals surface area contributed by atoms with Gasteiger partial charge in [0.2, 0.25) is 0 Å². The van der Waals surface area contributed by atoms with Gasteiger partial charge in [0.15, 0.2) is 0 Å². The summed E-state index contributed by atoms with van der Waals surface area (Å²) < 4.78 is 0. The van der Waals surface area contributed by atoms with Gasteiger partial charge in [0.05, 0.1) is 6.07 Å². The van der Waals surface area contributed by atoms with E-state index >= 15 is 0 Å². The summed E-state index contributed by atoms with van der Waals surface area (Å²) in [5, 5.41) is 10.1. The van der Waals surface area contributed by atoms with Gasteiger partial charge in [-0.2, -0.15) is 5.26 Å². The molecule has 0 radical (unpaired) electrons. The van der Waals surface area contributed by atoms with Crippen molar-refractivity contribution in [3.05, 3.63) is 12.2 Å². The first kappa shape index (κ1) is 14.1. The topological polar surface area (TPSA) is 27.0 Å². The summed E-state index contributed by atoms with van der Waals surface area (Å²) in [7, 11) is 4.23. The molecule has 20 heavy (non-hydrogen) atoms. The van der Waals surface area contributed by atoms with Crippen LogP contribution in [0.1, 0.15) is 51.9 Å². The molecule has 0 N–H and O–H groups in total. The molecule has 4 saturated carbocycles. The molecule has 1 atom stereocenters. The smallest absolute Gasteiger partial charge is 0.117 e. The molecule has 110 valence electrons. The summed E-state index contributed by atoms with van der Waals surface area (Å²) in [5.74, 6) is 2.71. The molecule has 4 aliphatic rings. The molecule has 0 aromatic heterocycles. The van der Waals surface area contributed by atoms with Crippen LogP contribution in [-0.4, -0.2) is 24.5 Å². The lowest BCUT2D eigenvalue weighted by Crippen LogP contribution is -2.63. The van der Waals surface area contributed by atoms with Gasteiger partial charge in [-0.3, -0.25) is 4.90 Å². The van der Waals surface area contributed by atoms with Crippen molar-refractivity contribution in [2.75, 3.05) is 14.1 Å². The summed E-state index contributed by atoms with van der Waals surface area (Å²) in [4.78, 5) is 2.24. The second-order valence-corrected chi connectivity index (χ2v) is 7.84. The molecule has 4 rings (SSSR count). The molecule has 0 aromatic carbocycles. The fourth-order valence-corrected chi connectivity index (χ4v) is 6.04. The van der Waals surface area contributed by atoms with E-state index < -0.39 is 0 Å². The van der Waals surface area contributed by atoms with Gasteiger partial charge in [-0.05, 0) is 83.7 Å². The highest BCUT2D eigenvalue weighted by Gasteiger charge is 2.61. The second kappa shape index (κ2) is 4.88. The minimum Gasteiger partial charge on any atom is -0.291 e. The Morgan fingerprint density at radius 2 is 1.65 bits per heavy atom. The predicted molar refractivity (Wildman–Crippen MR) is 82.1 cm³/mol. The predicted octanol–water partition coefficient (Wildman–Crippen LogP) is 3.99. The molecule has 2 nitrogen and oxygen atoms in total. The third kappa shape index (κ3) is 1.86. The van der Waals surface area contributed by atoms with Gasteiger partial charge < -0.3 is 0 Å². The van der Waals surface area contributed by atoms with Crippen LogP contribution in [0.25, 0.3) is 0 Å². The molecule has 4 aliphatic carbocycles. The van der Waals surface area contributed by atoms with Crippen LogP contribution >= 0.6 is 0 Å². The average Bonchev–Trinajstić information content (AvgIpc) is 2.37. The van der Waals surface area contributed by atoms with Gasteiger partial charge in [0.1, 0.15) is 5.54 Å². The monoisotopic (exact) mass is 272 g/mol. The van der Waals surface area contributed by atoms with E-state index in [1.807, 2.05) is 0 Å². The van der Waals surface area contributed by atoms with Crippen molar-refractivity contribution in [1.82, 2.24) is 4.90 Å². The van der Waals surface area contributed by atoms with E-state index in [1.54, 1.807) is 0 Å². The highest BCUT2D eigenvalue weighted by Crippen LogP contribution is 2.65. The Bertz CT molecular complexity index is 408. The molecular weight excluding hydrogens is 244 g/mol. The Kier molecular flexibility index (Phi) is 3.45. The van der Waals surface area contributed by atoms with Crippen LogP contribution in [0.4, 0.5) is 0 Å². The number of allylic oxidation sites excluding steroid dienone is 1. The Labute approximate surface area is 123 Å². The Morgan fingerprint density at radius 1 is 1.15 bits per heavy atom. The molecule has 4 fully saturated rings. The van der Waals surface area contributed by atoms with Crippen molar-refractivity contribution in [2.24, 2.45) is 23.2 Å². The van der Waals surface area contributed by atoms with Gasteiger partial charge in [-0.1, -0.05) is 12.2 Å². The van der Waals surface area contributed by atoms with E-state index in [4.69, 9.17) is 0 Å². The van der Waals surface area contributed by atoms with Gasteiger partial charge in [0, 0.05) is 5.41 Å². The number of nitriles is 1. The first-order valence-corrected chi connectivity index (χ1v) is 8.25. The standard InChI is InChI=1S/C18H28N2/c1-4-5-6-18(13-19,20(2)3)17-10-14-7-15(11-17)9-16(8-14)12-17/h4-5,14-16H,6-12H2,1-3H3/b5-4+. The summed E-state index contributed by atoms with van der Waals surface area (Å²) in [6, 6.07) is 2.78. The zero-order chi connectivity index (χ0) is 14.4. The van der Waals surface area contributed by atoms with Gasteiger partial charge >= 0.3 is 0 Å². The van der Waals surface area contributed by atoms with Gasteiger partial charge in [-0.15, -0.1) is 0 Å². The molecule has 0 heterocycles. The highest BCUT2D eigenvalue weighted by molar-refractivity contribution is 5.23. The quantitative estimate of drug-likeness (QED) is 0.723. The molecular formula is C18H28N2. The Balaban J connectivity index is 2.00. The lowest BCUT2D eigenvalue weighted by atomic mass is 9.44. The number of rotatable bonds is 4. The highest BCUT2D eigenvalue weighted by atomic mass is 15.2. The largest absolute Gasteiger partial charge is 0.291 e.